The van der Waals surface area contributed by atoms with Crippen LogP contribution in [0.25, 0.3) is 0 Å². The molecule has 2 rings (SSSR count). The van der Waals surface area contributed by atoms with E-state index in [9.17, 15) is 9.59 Å². The molecule has 0 spiro atoms. The van der Waals surface area contributed by atoms with Crippen LogP contribution >= 0.6 is 0 Å². The van der Waals surface area contributed by atoms with Gasteiger partial charge in [0.25, 0.3) is 0 Å². The minimum atomic E-state index is -0.736. The van der Waals surface area contributed by atoms with Crippen molar-refractivity contribution in [2.75, 3.05) is 0 Å². The van der Waals surface area contributed by atoms with E-state index >= 15 is 0 Å². The van der Waals surface area contributed by atoms with E-state index in [0.717, 1.165) is 11.4 Å². The van der Waals surface area contributed by atoms with Crippen LogP contribution in [0.2, 0.25) is 0 Å². The number of carbonyl (C=O) groups is 2. The van der Waals surface area contributed by atoms with Crippen LogP contribution in [-0.2, 0) is 22.4 Å². The number of amides is 1. The maximum Gasteiger partial charge on any atom is 0.237 e. The summed E-state index contributed by atoms with van der Waals surface area (Å²) >= 11 is 0. The highest BCUT2D eigenvalue weighted by Gasteiger charge is 2.19. The van der Waals surface area contributed by atoms with E-state index in [-0.39, 0.29) is 5.91 Å². The van der Waals surface area contributed by atoms with Gasteiger partial charge < -0.3 is 25.8 Å². The van der Waals surface area contributed by atoms with Crippen LogP contribution in [0, 0.1) is 0 Å². The molecule has 0 radical (unpaired) electrons. The molecule has 8 nitrogen and oxygen atoms in total. The molecule has 2 aromatic heterocycles. The smallest absolute Gasteiger partial charge is 0.237 e. The van der Waals surface area contributed by atoms with E-state index in [1.807, 2.05) is 0 Å². The Morgan fingerprint density at radius 2 is 1.85 bits per heavy atom. The third-order valence-corrected chi connectivity index (χ3v) is 2.82. The number of aromatic nitrogens is 4. The molecular weight excluding hydrogens is 260 g/mol. The summed E-state index contributed by atoms with van der Waals surface area (Å²) in [6.07, 6.45) is 7.62. The molecule has 1 amide bonds. The summed E-state index contributed by atoms with van der Waals surface area (Å²) in [5, 5.41) is 2.60. The molecule has 20 heavy (non-hydrogen) atoms. The van der Waals surface area contributed by atoms with Gasteiger partial charge in [0.2, 0.25) is 5.91 Å². The van der Waals surface area contributed by atoms with Crippen LogP contribution in [0.15, 0.2) is 25.0 Å². The van der Waals surface area contributed by atoms with Crippen molar-refractivity contribution in [2.45, 2.75) is 24.9 Å². The van der Waals surface area contributed by atoms with Crippen LogP contribution < -0.4 is 11.1 Å². The maximum absolute atomic E-state index is 11.9. The zero-order valence-corrected chi connectivity index (χ0v) is 10.7. The first-order valence-electron chi connectivity index (χ1n) is 6.14. The number of aldehydes is 1. The lowest BCUT2D eigenvalue weighted by atomic mass is 10.1. The first-order valence-corrected chi connectivity index (χ1v) is 6.14. The molecule has 106 valence electrons. The van der Waals surface area contributed by atoms with Gasteiger partial charge in [0, 0.05) is 36.6 Å². The Kier molecular flexibility index (Phi) is 4.61. The summed E-state index contributed by atoms with van der Waals surface area (Å²) in [5.74, 6) is -0.379. The van der Waals surface area contributed by atoms with Crippen molar-refractivity contribution in [3.8, 4) is 0 Å². The van der Waals surface area contributed by atoms with Crippen LogP contribution in [0.5, 0.6) is 0 Å². The van der Waals surface area contributed by atoms with Gasteiger partial charge in [-0.2, -0.15) is 0 Å². The van der Waals surface area contributed by atoms with Crippen molar-refractivity contribution in [2.24, 2.45) is 5.73 Å². The summed E-state index contributed by atoms with van der Waals surface area (Å²) in [6, 6.07) is -1.37. The fourth-order valence-electron chi connectivity index (χ4n) is 1.78. The Morgan fingerprint density at radius 3 is 2.35 bits per heavy atom. The average molecular weight is 276 g/mol. The molecule has 0 bridgehead atoms. The summed E-state index contributed by atoms with van der Waals surface area (Å²) in [7, 11) is 0. The summed E-state index contributed by atoms with van der Waals surface area (Å²) in [5.41, 5.74) is 7.32. The number of carbonyl (C=O) groups excluding carboxylic acids is 2. The number of hydrogen-bond donors (Lipinski definition) is 4. The predicted molar refractivity (Wildman–Crippen MR) is 70.6 cm³/mol. The average Bonchev–Trinajstić information content (AvgIpc) is 3.11. The number of nitrogens with zero attached hydrogens (tertiary/aromatic N) is 2. The maximum atomic E-state index is 11.9. The fraction of sp³-hybridized carbons (Fsp3) is 0.333. The third kappa shape index (κ3) is 3.75. The molecule has 0 aliphatic rings. The second-order valence-corrected chi connectivity index (χ2v) is 4.42. The van der Waals surface area contributed by atoms with Gasteiger partial charge >= 0.3 is 0 Å². The lowest BCUT2D eigenvalue weighted by Crippen LogP contribution is -2.47. The molecule has 2 heterocycles. The van der Waals surface area contributed by atoms with Crippen molar-refractivity contribution in [3.63, 3.8) is 0 Å². The Balaban J connectivity index is 1.86. The Morgan fingerprint density at radius 1 is 1.25 bits per heavy atom. The van der Waals surface area contributed by atoms with E-state index < -0.39 is 12.1 Å². The van der Waals surface area contributed by atoms with Gasteiger partial charge in [0.1, 0.15) is 6.29 Å². The molecule has 2 atom stereocenters. The van der Waals surface area contributed by atoms with Crippen LogP contribution in [0.4, 0.5) is 0 Å². The predicted octanol–water partition coefficient (Wildman–Crippen LogP) is -1.07. The first kappa shape index (κ1) is 13.9. The topological polar surface area (TPSA) is 130 Å². The summed E-state index contributed by atoms with van der Waals surface area (Å²) < 4.78 is 0. The SMILES string of the molecule is N[C@@H](Cc1cnc[nH]1)C(=O)N[C@H](C=O)Cc1cnc[nH]1. The normalized spacial score (nSPS) is 13.7. The number of rotatable bonds is 7. The highest BCUT2D eigenvalue weighted by molar-refractivity contribution is 5.84. The van der Waals surface area contributed by atoms with Gasteiger partial charge in [0.05, 0.1) is 24.7 Å². The van der Waals surface area contributed by atoms with Crippen LogP contribution in [-0.4, -0.2) is 44.2 Å². The van der Waals surface area contributed by atoms with Gasteiger partial charge in [-0.25, -0.2) is 9.97 Å². The largest absolute Gasteiger partial charge is 0.348 e. The molecular formula is C12H16N6O2. The minimum absolute atomic E-state index is 0.335. The number of nitrogens with two attached hydrogens (primary N) is 1. The van der Waals surface area contributed by atoms with E-state index in [1.165, 1.54) is 12.7 Å². The Hall–Kier alpha value is -2.48. The standard InChI is InChI=1S/C12H16N6O2/c13-11(2-9-4-15-7-17-9)12(20)18-10(5-19)1-8-3-14-6-16-8/h3-7,10-11H,1-2,13H2,(H,14,16)(H,15,17)(H,18,20)/t10-,11-/m0/s1. The van der Waals surface area contributed by atoms with E-state index in [4.69, 9.17) is 5.73 Å². The number of aromatic amines is 2. The van der Waals surface area contributed by atoms with Gasteiger partial charge in [-0.1, -0.05) is 0 Å². The molecule has 0 fully saturated rings. The molecule has 8 heteroatoms. The van der Waals surface area contributed by atoms with Gasteiger partial charge in [-0.15, -0.1) is 0 Å². The molecule has 0 unspecified atom stereocenters. The van der Waals surface area contributed by atoms with Crippen molar-refractivity contribution in [3.05, 3.63) is 36.4 Å². The van der Waals surface area contributed by atoms with Crippen LogP contribution in [0.3, 0.4) is 0 Å². The van der Waals surface area contributed by atoms with Gasteiger partial charge in [-0.3, -0.25) is 4.79 Å². The monoisotopic (exact) mass is 276 g/mol. The minimum Gasteiger partial charge on any atom is -0.348 e. The fourth-order valence-corrected chi connectivity index (χ4v) is 1.78. The second-order valence-electron chi connectivity index (χ2n) is 4.42. The Bertz CT molecular complexity index is 536. The van der Waals surface area contributed by atoms with Crippen molar-refractivity contribution in [1.82, 2.24) is 25.3 Å². The molecule has 5 N–H and O–H groups in total. The quantitative estimate of drug-likeness (QED) is 0.478. The van der Waals surface area contributed by atoms with Crippen LogP contribution in [0.1, 0.15) is 11.4 Å². The molecule has 0 saturated heterocycles. The number of imidazole rings is 2. The number of H-pyrrole nitrogens is 2. The molecule has 0 aliphatic carbocycles. The van der Waals surface area contributed by atoms with E-state index in [2.05, 4.69) is 25.3 Å². The zero-order chi connectivity index (χ0) is 14.4. The van der Waals surface area contributed by atoms with Crippen molar-refractivity contribution >= 4 is 12.2 Å². The van der Waals surface area contributed by atoms with Gasteiger partial charge in [-0.05, 0) is 0 Å². The lowest BCUT2D eigenvalue weighted by molar-refractivity contribution is -0.125. The molecule has 0 aromatic carbocycles. The number of nitrogens with one attached hydrogen (secondary N) is 3. The molecule has 0 aliphatic heterocycles. The molecule has 2 aromatic rings. The molecule has 0 saturated carbocycles. The van der Waals surface area contributed by atoms with Crippen molar-refractivity contribution in [1.29, 1.82) is 0 Å². The highest BCUT2D eigenvalue weighted by atomic mass is 16.2. The van der Waals surface area contributed by atoms with Gasteiger partial charge in [0.15, 0.2) is 0 Å². The highest BCUT2D eigenvalue weighted by Crippen LogP contribution is 1.99. The second kappa shape index (κ2) is 6.62. The number of hydrogen-bond acceptors (Lipinski definition) is 5. The van der Waals surface area contributed by atoms with Crippen molar-refractivity contribution < 1.29 is 9.59 Å². The van der Waals surface area contributed by atoms with E-state index in [0.29, 0.717) is 19.1 Å². The zero-order valence-electron chi connectivity index (χ0n) is 10.7. The lowest BCUT2D eigenvalue weighted by Gasteiger charge is -2.15. The summed E-state index contributed by atoms with van der Waals surface area (Å²) in [6.45, 7) is 0. The van der Waals surface area contributed by atoms with E-state index in [1.54, 1.807) is 12.4 Å². The third-order valence-electron chi connectivity index (χ3n) is 2.82. The Labute approximate surface area is 115 Å². The summed E-state index contributed by atoms with van der Waals surface area (Å²) in [4.78, 5) is 36.4. The first-order chi connectivity index (χ1) is 9.69.